The number of amides is 1. The molecule has 0 spiro atoms. The number of carbonyl (C=O) groups excluding carboxylic acids is 1. The summed E-state index contributed by atoms with van der Waals surface area (Å²) in [6.45, 7) is 3.90. The fourth-order valence-corrected chi connectivity index (χ4v) is 2.26. The third kappa shape index (κ3) is 3.24. The van der Waals surface area contributed by atoms with E-state index in [2.05, 4.69) is 10.5 Å². The Labute approximate surface area is 112 Å². The average molecular weight is 261 g/mol. The van der Waals surface area contributed by atoms with Crippen molar-refractivity contribution in [2.24, 2.45) is 16.8 Å². The van der Waals surface area contributed by atoms with Gasteiger partial charge in [0.1, 0.15) is 0 Å². The van der Waals surface area contributed by atoms with E-state index in [4.69, 9.17) is 10.9 Å². The summed E-state index contributed by atoms with van der Waals surface area (Å²) in [6, 6.07) is 5.30. The summed E-state index contributed by atoms with van der Waals surface area (Å²) in [6.07, 6.45) is 1.99. The predicted octanol–water partition coefficient (Wildman–Crippen LogP) is 1.56. The van der Waals surface area contributed by atoms with Crippen LogP contribution in [0.15, 0.2) is 23.4 Å². The Kier molecular flexibility index (Phi) is 3.74. The first-order chi connectivity index (χ1) is 9.01. The first kappa shape index (κ1) is 13.4. The molecule has 1 amide bonds. The van der Waals surface area contributed by atoms with E-state index in [1.165, 1.54) is 0 Å². The highest BCUT2D eigenvalue weighted by atomic mass is 16.4. The van der Waals surface area contributed by atoms with Crippen LogP contribution in [0.25, 0.3) is 0 Å². The second-order valence-electron chi connectivity index (χ2n) is 5.19. The van der Waals surface area contributed by atoms with E-state index in [9.17, 15) is 4.79 Å². The molecule has 0 bridgehead atoms. The lowest BCUT2D eigenvalue weighted by Gasteiger charge is -2.17. The van der Waals surface area contributed by atoms with E-state index in [0.29, 0.717) is 5.56 Å². The lowest BCUT2D eigenvalue weighted by atomic mass is 10.1. The summed E-state index contributed by atoms with van der Waals surface area (Å²) in [5, 5.41) is 14.6. The molecule has 102 valence electrons. The maximum absolute atomic E-state index is 12.2. The van der Waals surface area contributed by atoms with Gasteiger partial charge in [0.05, 0.1) is 6.04 Å². The van der Waals surface area contributed by atoms with Gasteiger partial charge in [-0.15, -0.1) is 0 Å². The number of hydrogen-bond donors (Lipinski definition) is 3. The molecule has 0 saturated heterocycles. The molecule has 2 rings (SSSR count). The number of benzene rings is 1. The van der Waals surface area contributed by atoms with Gasteiger partial charge in [-0.25, -0.2) is 0 Å². The fourth-order valence-electron chi connectivity index (χ4n) is 2.26. The van der Waals surface area contributed by atoms with Crippen LogP contribution in [0, 0.1) is 19.8 Å². The van der Waals surface area contributed by atoms with E-state index < -0.39 is 0 Å². The standard InChI is InChI=1S/C14H19N3O2/c1-8-5-9(2)7-11(6-8)14(18)16-12(10-3-4-10)13(15)17-19/h5-7,10,12,19H,3-4H2,1-2H3,(H2,15,17)(H,16,18). The van der Waals surface area contributed by atoms with Crippen molar-refractivity contribution in [1.29, 1.82) is 0 Å². The highest BCUT2D eigenvalue weighted by Crippen LogP contribution is 2.32. The molecule has 4 N–H and O–H groups in total. The minimum Gasteiger partial charge on any atom is -0.409 e. The van der Waals surface area contributed by atoms with Gasteiger partial charge >= 0.3 is 0 Å². The van der Waals surface area contributed by atoms with Gasteiger partial charge in [-0.1, -0.05) is 22.3 Å². The van der Waals surface area contributed by atoms with Crippen molar-refractivity contribution in [2.45, 2.75) is 32.7 Å². The Morgan fingerprint density at radius 1 is 1.37 bits per heavy atom. The Bertz CT molecular complexity index is 501. The van der Waals surface area contributed by atoms with Gasteiger partial charge in [0.25, 0.3) is 5.91 Å². The van der Waals surface area contributed by atoms with E-state index >= 15 is 0 Å². The molecule has 1 unspecified atom stereocenters. The lowest BCUT2D eigenvalue weighted by molar-refractivity contribution is 0.0942. The fraction of sp³-hybridized carbons (Fsp3) is 0.429. The Morgan fingerprint density at radius 2 is 1.95 bits per heavy atom. The highest BCUT2D eigenvalue weighted by molar-refractivity contribution is 5.98. The molecule has 1 aromatic rings. The molecule has 5 nitrogen and oxygen atoms in total. The number of amidine groups is 1. The number of hydrogen-bond acceptors (Lipinski definition) is 3. The molecule has 1 aliphatic carbocycles. The number of carbonyl (C=O) groups is 1. The van der Waals surface area contributed by atoms with Crippen molar-refractivity contribution in [3.8, 4) is 0 Å². The summed E-state index contributed by atoms with van der Waals surface area (Å²) in [5.41, 5.74) is 8.31. The van der Waals surface area contributed by atoms with Gasteiger partial charge in [-0.2, -0.15) is 0 Å². The summed E-state index contributed by atoms with van der Waals surface area (Å²) >= 11 is 0. The van der Waals surface area contributed by atoms with Crippen molar-refractivity contribution < 1.29 is 10.0 Å². The zero-order chi connectivity index (χ0) is 14.0. The number of rotatable bonds is 4. The monoisotopic (exact) mass is 261 g/mol. The van der Waals surface area contributed by atoms with E-state index in [1.807, 2.05) is 32.0 Å². The zero-order valence-corrected chi connectivity index (χ0v) is 11.2. The maximum atomic E-state index is 12.2. The van der Waals surface area contributed by atoms with E-state index in [0.717, 1.165) is 24.0 Å². The van der Waals surface area contributed by atoms with Gasteiger partial charge in [0.15, 0.2) is 5.84 Å². The SMILES string of the molecule is Cc1cc(C)cc(C(=O)NC(C(N)=NO)C2CC2)c1. The summed E-state index contributed by atoms with van der Waals surface area (Å²) in [4.78, 5) is 12.2. The number of nitrogens with zero attached hydrogens (tertiary/aromatic N) is 1. The van der Waals surface area contributed by atoms with Crippen LogP contribution in [-0.2, 0) is 0 Å². The molecule has 1 fully saturated rings. The van der Waals surface area contributed by atoms with Crippen LogP contribution in [-0.4, -0.2) is 23.0 Å². The minimum atomic E-state index is -0.377. The van der Waals surface area contributed by atoms with Gasteiger partial charge in [0.2, 0.25) is 0 Å². The zero-order valence-electron chi connectivity index (χ0n) is 11.2. The van der Waals surface area contributed by atoms with E-state index in [-0.39, 0.29) is 23.7 Å². The second kappa shape index (κ2) is 5.30. The molecule has 0 aromatic heterocycles. The van der Waals surface area contributed by atoms with Crippen LogP contribution in [0.5, 0.6) is 0 Å². The third-order valence-corrected chi connectivity index (χ3v) is 3.30. The quantitative estimate of drug-likeness (QED) is 0.332. The average Bonchev–Trinajstić information content (AvgIpc) is 3.17. The molecular weight excluding hydrogens is 242 g/mol. The maximum Gasteiger partial charge on any atom is 0.251 e. The Morgan fingerprint density at radius 3 is 2.42 bits per heavy atom. The molecule has 1 aliphatic rings. The molecular formula is C14H19N3O2. The molecule has 0 aliphatic heterocycles. The van der Waals surface area contributed by atoms with Gasteiger partial charge in [0, 0.05) is 5.56 Å². The van der Waals surface area contributed by atoms with Crippen LogP contribution in [0.1, 0.15) is 34.3 Å². The number of aryl methyl sites for hydroxylation is 2. The molecule has 5 heteroatoms. The molecule has 1 aromatic carbocycles. The van der Waals surface area contributed by atoms with Crippen LogP contribution < -0.4 is 11.1 Å². The molecule has 1 saturated carbocycles. The van der Waals surface area contributed by atoms with Crippen LogP contribution >= 0.6 is 0 Å². The first-order valence-corrected chi connectivity index (χ1v) is 6.38. The van der Waals surface area contributed by atoms with Gasteiger partial charge < -0.3 is 16.3 Å². The highest BCUT2D eigenvalue weighted by Gasteiger charge is 2.35. The summed E-state index contributed by atoms with van der Waals surface area (Å²) < 4.78 is 0. The summed E-state index contributed by atoms with van der Waals surface area (Å²) in [5.74, 6) is 0.168. The number of nitrogens with one attached hydrogen (secondary N) is 1. The first-order valence-electron chi connectivity index (χ1n) is 6.38. The second-order valence-corrected chi connectivity index (χ2v) is 5.19. The Balaban J connectivity index is 2.15. The predicted molar refractivity (Wildman–Crippen MR) is 73.3 cm³/mol. The smallest absolute Gasteiger partial charge is 0.251 e. The molecule has 0 radical (unpaired) electrons. The normalized spacial score (nSPS) is 17.1. The van der Waals surface area contributed by atoms with Gasteiger partial charge in [-0.05, 0) is 44.7 Å². The van der Waals surface area contributed by atoms with Crippen LogP contribution in [0.4, 0.5) is 0 Å². The third-order valence-electron chi connectivity index (χ3n) is 3.30. The van der Waals surface area contributed by atoms with Crippen LogP contribution in [0.2, 0.25) is 0 Å². The van der Waals surface area contributed by atoms with Crippen molar-refractivity contribution in [3.63, 3.8) is 0 Å². The topological polar surface area (TPSA) is 87.7 Å². The molecule has 1 atom stereocenters. The van der Waals surface area contributed by atoms with Crippen molar-refractivity contribution in [1.82, 2.24) is 5.32 Å². The summed E-state index contributed by atoms with van der Waals surface area (Å²) in [7, 11) is 0. The minimum absolute atomic E-state index is 0.0697. The number of oxime groups is 1. The lowest BCUT2D eigenvalue weighted by Crippen LogP contribution is -2.46. The largest absolute Gasteiger partial charge is 0.409 e. The molecule has 19 heavy (non-hydrogen) atoms. The van der Waals surface area contributed by atoms with E-state index in [1.54, 1.807) is 0 Å². The van der Waals surface area contributed by atoms with Crippen molar-refractivity contribution in [3.05, 3.63) is 34.9 Å². The van der Waals surface area contributed by atoms with Crippen LogP contribution in [0.3, 0.4) is 0 Å². The van der Waals surface area contributed by atoms with Gasteiger partial charge in [-0.3, -0.25) is 4.79 Å². The van der Waals surface area contributed by atoms with Crippen molar-refractivity contribution >= 4 is 11.7 Å². The number of nitrogens with two attached hydrogens (primary N) is 1. The molecule has 0 heterocycles. The Hall–Kier alpha value is -2.04. The van der Waals surface area contributed by atoms with Crippen molar-refractivity contribution in [2.75, 3.05) is 0 Å².